The van der Waals surface area contributed by atoms with Gasteiger partial charge in [0.05, 0.1) is 27.2 Å². The maximum atomic E-state index is 14.9. The number of aromatic amines is 1. The summed E-state index contributed by atoms with van der Waals surface area (Å²) in [6.45, 7) is 0.911. The van der Waals surface area contributed by atoms with E-state index < -0.39 is 22.7 Å². The van der Waals surface area contributed by atoms with Crippen LogP contribution in [0.2, 0.25) is 10.0 Å². The Labute approximate surface area is 190 Å². The Kier molecular flexibility index (Phi) is 5.11. The van der Waals surface area contributed by atoms with E-state index in [1.807, 2.05) is 0 Å². The van der Waals surface area contributed by atoms with Crippen LogP contribution < -0.4 is 16.2 Å². The van der Waals surface area contributed by atoms with Crippen LogP contribution in [-0.2, 0) is 5.54 Å². The maximum absolute atomic E-state index is 14.9. The van der Waals surface area contributed by atoms with Gasteiger partial charge < -0.3 is 10.6 Å². The highest BCUT2D eigenvalue weighted by molar-refractivity contribution is 6.42. The van der Waals surface area contributed by atoms with Gasteiger partial charge in [0, 0.05) is 23.9 Å². The number of H-pyrrole nitrogens is 1. The topological polar surface area (TPSA) is 87.6 Å². The lowest BCUT2D eigenvalue weighted by atomic mass is 9.87. The molecule has 1 aliphatic rings. The Balaban J connectivity index is 1.65. The minimum atomic E-state index is -0.989. The quantitative estimate of drug-likeness (QED) is 0.387. The van der Waals surface area contributed by atoms with Crippen molar-refractivity contribution < 1.29 is 8.78 Å². The van der Waals surface area contributed by atoms with Crippen LogP contribution in [0.15, 0.2) is 47.7 Å². The van der Waals surface area contributed by atoms with E-state index in [9.17, 15) is 13.6 Å². The molecule has 1 aliphatic heterocycles. The van der Waals surface area contributed by atoms with Crippen molar-refractivity contribution in [3.8, 4) is 5.82 Å². The predicted molar refractivity (Wildman–Crippen MR) is 119 cm³/mol. The van der Waals surface area contributed by atoms with Crippen molar-refractivity contribution in [2.75, 3.05) is 18.4 Å². The van der Waals surface area contributed by atoms with Crippen LogP contribution >= 0.6 is 23.2 Å². The molecular weight excluding hydrogens is 461 g/mol. The highest BCUT2D eigenvalue weighted by Crippen LogP contribution is 2.41. The molecule has 1 atom stereocenters. The van der Waals surface area contributed by atoms with E-state index in [0.29, 0.717) is 25.3 Å². The third-order valence-corrected chi connectivity index (χ3v) is 6.43. The molecule has 0 amide bonds. The van der Waals surface area contributed by atoms with Crippen LogP contribution in [-0.4, -0.2) is 32.8 Å². The molecule has 3 heterocycles. The fourth-order valence-corrected chi connectivity index (χ4v) is 4.63. The number of aromatic nitrogens is 4. The van der Waals surface area contributed by atoms with E-state index in [2.05, 4.69) is 25.8 Å². The highest BCUT2D eigenvalue weighted by atomic mass is 35.5. The molecule has 0 aliphatic carbocycles. The lowest BCUT2D eigenvalue weighted by Crippen LogP contribution is -2.39. The Morgan fingerprint density at radius 3 is 2.72 bits per heavy atom. The average molecular weight is 477 g/mol. The van der Waals surface area contributed by atoms with Gasteiger partial charge in [-0.15, -0.1) is 0 Å². The average Bonchev–Trinajstić information content (AvgIpc) is 3.45. The second-order valence-electron chi connectivity index (χ2n) is 7.57. The Hall–Kier alpha value is -3.01. The molecule has 0 saturated carbocycles. The van der Waals surface area contributed by atoms with Gasteiger partial charge in [0.25, 0.3) is 5.56 Å². The predicted octanol–water partition coefficient (Wildman–Crippen LogP) is 3.99. The van der Waals surface area contributed by atoms with E-state index in [1.54, 1.807) is 6.07 Å². The molecule has 11 heteroatoms. The van der Waals surface area contributed by atoms with E-state index in [1.165, 1.54) is 41.4 Å². The van der Waals surface area contributed by atoms with E-state index in [-0.39, 0.29) is 32.2 Å². The summed E-state index contributed by atoms with van der Waals surface area (Å²) in [5, 5.41) is 13.3. The minimum absolute atomic E-state index is 0.0587. The first kappa shape index (κ1) is 20.9. The summed E-state index contributed by atoms with van der Waals surface area (Å²) >= 11 is 12.5. The number of anilines is 1. The first-order valence-corrected chi connectivity index (χ1v) is 10.5. The van der Waals surface area contributed by atoms with Crippen molar-refractivity contribution in [3.63, 3.8) is 0 Å². The number of nitrogens with one attached hydrogen (secondary N) is 3. The molecule has 1 unspecified atom stereocenters. The Morgan fingerprint density at radius 1 is 1.16 bits per heavy atom. The second-order valence-corrected chi connectivity index (χ2v) is 8.35. The maximum Gasteiger partial charge on any atom is 0.267 e. The summed E-state index contributed by atoms with van der Waals surface area (Å²) in [6.07, 6.45) is 3.19. The lowest BCUT2D eigenvalue weighted by molar-refractivity contribution is 0.495. The van der Waals surface area contributed by atoms with Crippen molar-refractivity contribution in [3.05, 3.63) is 80.5 Å². The summed E-state index contributed by atoms with van der Waals surface area (Å²) in [5.41, 5.74) is -1.06. The van der Waals surface area contributed by atoms with E-state index in [4.69, 9.17) is 23.2 Å². The molecule has 1 saturated heterocycles. The van der Waals surface area contributed by atoms with Gasteiger partial charge in [-0.2, -0.15) is 5.10 Å². The minimum Gasteiger partial charge on any atom is -0.374 e. The van der Waals surface area contributed by atoms with Crippen LogP contribution in [0, 0.1) is 11.6 Å². The molecule has 1 fully saturated rings. The summed E-state index contributed by atoms with van der Waals surface area (Å²) in [5.74, 6) is -0.815. The first-order chi connectivity index (χ1) is 15.4. The zero-order valence-electron chi connectivity index (χ0n) is 16.4. The van der Waals surface area contributed by atoms with Gasteiger partial charge in [-0.1, -0.05) is 23.2 Å². The normalized spacial score (nSPS) is 18.4. The second kappa shape index (κ2) is 7.84. The number of halogens is 4. The smallest absolute Gasteiger partial charge is 0.267 e. The SMILES string of the molecule is O=c1c2cc(NC3(c4c(F)ccc(Cl)c4Cl)CCNC3)cc(F)c2ncn1-c1ccn[nH]1. The number of nitrogens with zero attached hydrogens (tertiary/aromatic N) is 3. The standard InChI is InChI=1S/C21H16Cl2F2N6O/c22-13-1-2-14(24)17(18(13)23)21(4-6-26-9-21)29-11-7-12-19(15(25)8-11)27-10-31(20(12)32)16-3-5-28-30-16/h1-3,5,7-8,10,26,29H,4,6,9H2,(H,28,30). The van der Waals surface area contributed by atoms with Crippen molar-refractivity contribution in [2.24, 2.45) is 0 Å². The summed E-state index contributed by atoms with van der Waals surface area (Å²) in [4.78, 5) is 17.1. The molecule has 0 radical (unpaired) electrons. The molecule has 5 rings (SSSR count). The van der Waals surface area contributed by atoms with Gasteiger partial charge in [-0.25, -0.2) is 13.8 Å². The fraction of sp³-hybridized carbons (Fsp3) is 0.190. The molecule has 164 valence electrons. The van der Waals surface area contributed by atoms with E-state index >= 15 is 0 Å². The van der Waals surface area contributed by atoms with Crippen molar-refractivity contribution in [1.82, 2.24) is 25.1 Å². The number of benzene rings is 2. The van der Waals surface area contributed by atoms with Gasteiger partial charge in [-0.3, -0.25) is 14.5 Å². The zero-order valence-corrected chi connectivity index (χ0v) is 17.9. The van der Waals surface area contributed by atoms with Crippen molar-refractivity contribution >= 4 is 39.8 Å². The molecule has 3 N–H and O–H groups in total. The summed E-state index contributed by atoms with van der Waals surface area (Å²) < 4.78 is 31.0. The van der Waals surface area contributed by atoms with Gasteiger partial charge in [0.15, 0.2) is 5.82 Å². The molecule has 4 aromatic rings. The molecule has 0 bridgehead atoms. The van der Waals surface area contributed by atoms with Crippen LogP contribution in [0.5, 0.6) is 0 Å². The van der Waals surface area contributed by atoms with E-state index in [0.717, 1.165) is 0 Å². The number of rotatable bonds is 4. The number of fused-ring (bicyclic) bond motifs is 1. The van der Waals surface area contributed by atoms with Gasteiger partial charge in [0.1, 0.15) is 23.5 Å². The molecule has 2 aromatic heterocycles. The number of hydrogen-bond donors (Lipinski definition) is 3. The molecule has 7 nitrogen and oxygen atoms in total. The zero-order chi connectivity index (χ0) is 22.5. The van der Waals surface area contributed by atoms with Crippen LogP contribution in [0.4, 0.5) is 14.5 Å². The van der Waals surface area contributed by atoms with Gasteiger partial charge >= 0.3 is 0 Å². The van der Waals surface area contributed by atoms with Crippen molar-refractivity contribution in [2.45, 2.75) is 12.0 Å². The van der Waals surface area contributed by atoms with Crippen LogP contribution in [0.1, 0.15) is 12.0 Å². The first-order valence-electron chi connectivity index (χ1n) is 9.73. The molecular formula is C21H16Cl2F2N6O. The van der Waals surface area contributed by atoms with Crippen LogP contribution in [0.25, 0.3) is 16.7 Å². The van der Waals surface area contributed by atoms with Gasteiger partial charge in [-0.05, 0) is 37.2 Å². The summed E-state index contributed by atoms with van der Waals surface area (Å²) in [6, 6.07) is 6.95. The Bertz CT molecular complexity index is 1380. The fourth-order valence-electron chi connectivity index (χ4n) is 4.13. The summed E-state index contributed by atoms with van der Waals surface area (Å²) in [7, 11) is 0. The Morgan fingerprint density at radius 2 is 2.00 bits per heavy atom. The third-order valence-electron chi connectivity index (χ3n) is 5.62. The largest absolute Gasteiger partial charge is 0.374 e. The van der Waals surface area contributed by atoms with Crippen molar-refractivity contribution in [1.29, 1.82) is 0 Å². The molecule has 32 heavy (non-hydrogen) atoms. The lowest BCUT2D eigenvalue weighted by Gasteiger charge is -2.33. The van der Waals surface area contributed by atoms with Crippen LogP contribution in [0.3, 0.4) is 0 Å². The number of hydrogen-bond acceptors (Lipinski definition) is 5. The van der Waals surface area contributed by atoms with Gasteiger partial charge in [0.2, 0.25) is 0 Å². The molecule has 0 spiro atoms. The third kappa shape index (κ3) is 3.33. The molecule has 2 aromatic carbocycles. The highest BCUT2D eigenvalue weighted by Gasteiger charge is 2.40. The monoisotopic (exact) mass is 476 g/mol.